The number of anilines is 1. The molecule has 3 aromatic rings. The molecule has 1 fully saturated rings. The van der Waals surface area contributed by atoms with E-state index in [2.05, 4.69) is 41.8 Å². The topological polar surface area (TPSA) is 89.3 Å². The molecule has 2 heterocycles. The number of nitrogens with zero attached hydrogens (tertiary/aromatic N) is 1. The van der Waals surface area contributed by atoms with Crippen molar-refractivity contribution < 1.29 is 9.59 Å². The molecule has 162 valence electrons. The Kier molecular flexibility index (Phi) is 6.92. The van der Waals surface area contributed by atoms with E-state index in [0.29, 0.717) is 33.7 Å². The second-order valence-corrected chi connectivity index (χ2v) is 8.73. The summed E-state index contributed by atoms with van der Waals surface area (Å²) in [5.74, 6) is -0.660. The van der Waals surface area contributed by atoms with Gasteiger partial charge in [-0.2, -0.15) is 0 Å². The minimum atomic E-state index is -0.387. The SMILES string of the molecule is O=C(Nc1ccc(Cl)cc1)c1[nH]c2cc(Br)ccc2c1C(=O)NCCN1CCNCC1. The smallest absolute Gasteiger partial charge is 0.272 e. The van der Waals surface area contributed by atoms with Crippen LogP contribution in [0.15, 0.2) is 46.9 Å². The van der Waals surface area contributed by atoms with Crippen molar-refractivity contribution in [3.05, 3.63) is 63.2 Å². The van der Waals surface area contributed by atoms with Crippen LogP contribution in [0.2, 0.25) is 5.02 Å². The maximum absolute atomic E-state index is 13.1. The van der Waals surface area contributed by atoms with Crippen LogP contribution < -0.4 is 16.0 Å². The Morgan fingerprint density at radius 3 is 2.55 bits per heavy atom. The number of hydrogen-bond acceptors (Lipinski definition) is 4. The fourth-order valence-corrected chi connectivity index (χ4v) is 4.14. The molecule has 0 aliphatic carbocycles. The molecule has 1 aliphatic rings. The fourth-order valence-electron chi connectivity index (χ4n) is 3.65. The summed E-state index contributed by atoms with van der Waals surface area (Å²) in [5.41, 5.74) is 1.87. The van der Waals surface area contributed by atoms with Crippen LogP contribution in [0.25, 0.3) is 10.9 Å². The zero-order valence-corrected chi connectivity index (χ0v) is 19.1. The van der Waals surface area contributed by atoms with Gasteiger partial charge in [0, 0.05) is 65.4 Å². The second kappa shape index (κ2) is 9.82. The van der Waals surface area contributed by atoms with E-state index in [1.807, 2.05) is 18.2 Å². The lowest BCUT2D eigenvalue weighted by atomic mass is 10.1. The first-order valence-electron chi connectivity index (χ1n) is 10.1. The number of halogens is 2. The highest BCUT2D eigenvalue weighted by Crippen LogP contribution is 2.26. The monoisotopic (exact) mass is 503 g/mol. The first kappa shape index (κ1) is 21.8. The molecule has 0 atom stereocenters. The van der Waals surface area contributed by atoms with Crippen LogP contribution in [0, 0.1) is 0 Å². The molecule has 1 aromatic heterocycles. The van der Waals surface area contributed by atoms with Gasteiger partial charge < -0.3 is 20.9 Å². The molecule has 1 aliphatic heterocycles. The average Bonchev–Trinajstić information content (AvgIpc) is 3.15. The van der Waals surface area contributed by atoms with Crippen molar-refractivity contribution in [1.82, 2.24) is 20.5 Å². The van der Waals surface area contributed by atoms with Crippen molar-refractivity contribution in [2.24, 2.45) is 0 Å². The minimum Gasteiger partial charge on any atom is -0.351 e. The molecule has 0 unspecified atom stereocenters. The lowest BCUT2D eigenvalue weighted by Crippen LogP contribution is -2.46. The Morgan fingerprint density at radius 1 is 1.06 bits per heavy atom. The van der Waals surface area contributed by atoms with Gasteiger partial charge in [-0.15, -0.1) is 0 Å². The van der Waals surface area contributed by atoms with Gasteiger partial charge in [-0.1, -0.05) is 33.6 Å². The molecule has 2 aromatic carbocycles. The zero-order valence-electron chi connectivity index (χ0n) is 16.8. The summed E-state index contributed by atoms with van der Waals surface area (Å²) < 4.78 is 0.858. The van der Waals surface area contributed by atoms with Crippen LogP contribution in [-0.2, 0) is 0 Å². The molecule has 1 saturated heterocycles. The number of hydrogen-bond donors (Lipinski definition) is 4. The number of fused-ring (bicyclic) bond motifs is 1. The number of amides is 2. The Morgan fingerprint density at radius 2 is 1.81 bits per heavy atom. The minimum absolute atomic E-state index is 0.225. The van der Waals surface area contributed by atoms with Crippen LogP contribution in [0.5, 0.6) is 0 Å². The van der Waals surface area contributed by atoms with Crippen molar-refractivity contribution in [2.45, 2.75) is 0 Å². The summed E-state index contributed by atoms with van der Waals surface area (Å²) in [6, 6.07) is 12.4. The molecule has 2 amide bonds. The molecule has 4 rings (SSSR count). The van der Waals surface area contributed by atoms with E-state index < -0.39 is 0 Å². The molecular weight excluding hydrogens is 482 g/mol. The predicted octanol–water partition coefficient (Wildman–Crippen LogP) is 3.47. The van der Waals surface area contributed by atoms with Crippen LogP contribution in [-0.4, -0.2) is 61.0 Å². The zero-order chi connectivity index (χ0) is 21.8. The first-order valence-corrected chi connectivity index (χ1v) is 11.3. The van der Waals surface area contributed by atoms with Gasteiger partial charge in [0.15, 0.2) is 0 Å². The van der Waals surface area contributed by atoms with E-state index in [0.717, 1.165) is 37.2 Å². The molecule has 0 saturated carbocycles. The summed E-state index contributed by atoms with van der Waals surface area (Å²) in [6.07, 6.45) is 0. The highest BCUT2D eigenvalue weighted by molar-refractivity contribution is 9.10. The van der Waals surface area contributed by atoms with Gasteiger partial charge in [0.2, 0.25) is 0 Å². The largest absolute Gasteiger partial charge is 0.351 e. The highest BCUT2D eigenvalue weighted by atomic mass is 79.9. The Labute approximate surface area is 193 Å². The summed E-state index contributed by atoms with van der Waals surface area (Å²) in [7, 11) is 0. The van der Waals surface area contributed by atoms with Crippen molar-refractivity contribution >= 4 is 55.9 Å². The van der Waals surface area contributed by atoms with Gasteiger partial charge in [-0.3, -0.25) is 14.5 Å². The summed E-state index contributed by atoms with van der Waals surface area (Å²) >= 11 is 9.36. The molecule has 9 heteroatoms. The van der Waals surface area contributed by atoms with Crippen molar-refractivity contribution in [3.8, 4) is 0 Å². The summed E-state index contributed by atoms with van der Waals surface area (Å²) in [5, 5.41) is 10.4. The average molecular weight is 505 g/mol. The third-order valence-corrected chi connectivity index (χ3v) is 5.99. The quantitative estimate of drug-likeness (QED) is 0.414. The number of aromatic nitrogens is 1. The van der Waals surface area contributed by atoms with Crippen LogP contribution in [0.4, 0.5) is 5.69 Å². The third kappa shape index (κ3) is 5.27. The lowest BCUT2D eigenvalue weighted by molar-refractivity contribution is 0.0936. The Balaban J connectivity index is 1.55. The van der Waals surface area contributed by atoms with Gasteiger partial charge in [0.1, 0.15) is 5.69 Å². The van der Waals surface area contributed by atoms with Gasteiger partial charge in [-0.05, 0) is 36.4 Å². The van der Waals surface area contributed by atoms with Gasteiger partial charge in [0.25, 0.3) is 11.8 Å². The predicted molar refractivity (Wildman–Crippen MR) is 127 cm³/mol. The number of H-pyrrole nitrogens is 1. The molecule has 31 heavy (non-hydrogen) atoms. The molecule has 0 radical (unpaired) electrons. The Hall–Kier alpha value is -2.39. The van der Waals surface area contributed by atoms with Crippen LogP contribution >= 0.6 is 27.5 Å². The van der Waals surface area contributed by atoms with E-state index in [-0.39, 0.29) is 17.5 Å². The third-order valence-electron chi connectivity index (χ3n) is 5.24. The van der Waals surface area contributed by atoms with Gasteiger partial charge in [0.05, 0.1) is 5.56 Å². The fraction of sp³-hybridized carbons (Fsp3) is 0.273. The molecule has 0 spiro atoms. The van der Waals surface area contributed by atoms with E-state index in [9.17, 15) is 9.59 Å². The van der Waals surface area contributed by atoms with Gasteiger partial charge in [-0.25, -0.2) is 0 Å². The number of nitrogens with one attached hydrogen (secondary N) is 4. The molecular formula is C22H23BrClN5O2. The van der Waals surface area contributed by atoms with E-state index in [1.165, 1.54) is 0 Å². The molecule has 7 nitrogen and oxygen atoms in total. The van der Waals surface area contributed by atoms with E-state index in [1.54, 1.807) is 24.3 Å². The molecule has 4 N–H and O–H groups in total. The van der Waals surface area contributed by atoms with Crippen LogP contribution in [0.1, 0.15) is 20.8 Å². The van der Waals surface area contributed by atoms with E-state index >= 15 is 0 Å². The first-order chi connectivity index (χ1) is 15.0. The lowest BCUT2D eigenvalue weighted by Gasteiger charge is -2.27. The van der Waals surface area contributed by atoms with Crippen LogP contribution in [0.3, 0.4) is 0 Å². The number of aromatic amines is 1. The van der Waals surface area contributed by atoms with Crippen molar-refractivity contribution in [2.75, 3.05) is 44.6 Å². The number of carbonyl (C=O) groups excluding carboxylic acids is 2. The normalized spacial score (nSPS) is 14.5. The van der Waals surface area contributed by atoms with Gasteiger partial charge >= 0.3 is 0 Å². The molecule has 0 bridgehead atoms. The Bertz CT molecular complexity index is 1090. The number of rotatable bonds is 6. The van der Waals surface area contributed by atoms with Crippen molar-refractivity contribution in [1.29, 1.82) is 0 Å². The number of benzene rings is 2. The van der Waals surface area contributed by atoms with E-state index in [4.69, 9.17) is 11.6 Å². The summed E-state index contributed by atoms with van der Waals surface area (Å²) in [4.78, 5) is 31.5. The number of piperazine rings is 1. The summed E-state index contributed by atoms with van der Waals surface area (Å²) in [6.45, 7) is 5.13. The standard InChI is InChI=1S/C22H23BrClN5O2/c23-14-1-6-17-18(13-14)28-20(22(31)27-16-4-2-15(24)3-5-16)19(17)21(30)26-9-12-29-10-7-25-8-11-29/h1-6,13,25,28H,7-12H2,(H,26,30)(H,27,31). The maximum Gasteiger partial charge on any atom is 0.272 e. The van der Waals surface area contributed by atoms with Crippen molar-refractivity contribution in [3.63, 3.8) is 0 Å². The number of carbonyl (C=O) groups is 2. The maximum atomic E-state index is 13.1. The second-order valence-electron chi connectivity index (χ2n) is 7.37. The highest BCUT2D eigenvalue weighted by Gasteiger charge is 2.23.